The Balaban J connectivity index is 2.76. The Kier molecular flexibility index (Phi) is 2.07. The second-order valence-electron chi connectivity index (χ2n) is 3.08. The van der Waals surface area contributed by atoms with Gasteiger partial charge < -0.3 is 10.2 Å². The fraction of sp³-hybridized carbons (Fsp3) is 0.100. The molecule has 0 saturated heterocycles. The molecule has 2 aromatic rings. The number of hydrogen-bond donors (Lipinski definition) is 1. The van der Waals surface area contributed by atoms with Crippen LogP contribution in [0.25, 0.3) is 11.0 Å². The lowest BCUT2D eigenvalue weighted by Gasteiger charge is -1.95. The second-order valence-corrected chi connectivity index (χ2v) is 4.00. The van der Waals surface area contributed by atoms with Crippen molar-refractivity contribution in [2.75, 3.05) is 5.73 Å². The molecular formula is C10H8BrNO2. The number of anilines is 1. The standard InChI is InChI=1S/C10H8BrNO2/c1-5(13)9-3-6-2-7(11)4-8(12)10(6)14-9/h2-4H,12H2,1H3. The van der Waals surface area contributed by atoms with Crippen LogP contribution >= 0.6 is 15.9 Å². The number of hydrogen-bond acceptors (Lipinski definition) is 3. The molecule has 4 heteroatoms. The van der Waals surface area contributed by atoms with Gasteiger partial charge in [-0.05, 0) is 18.2 Å². The quantitative estimate of drug-likeness (QED) is 0.628. The number of nitrogens with two attached hydrogens (primary N) is 1. The third-order valence-corrected chi connectivity index (χ3v) is 2.41. The van der Waals surface area contributed by atoms with Crippen LogP contribution in [0.15, 0.2) is 27.1 Å². The Labute approximate surface area is 89.0 Å². The summed E-state index contributed by atoms with van der Waals surface area (Å²) in [6, 6.07) is 5.30. The molecule has 0 fully saturated rings. The van der Waals surface area contributed by atoms with E-state index >= 15 is 0 Å². The summed E-state index contributed by atoms with van der Waals surface area (Å²) < 4.78 is 6.19. The Morgan fingerprint density at radius 1 is 1.43 bits per heavy atom. The predicted octanol–water partition coefficient (Wildman–Crippen LogP) is 2.98. The molecular weight excluding hydrogens is 246 g/mol. The van der Waals surface area contributed by atoms with Gasteiger partial charge in [0.1, 0.15) is 0 Å². The highest BCUT2D eigenvalue weighted by Crippen LogP contribution is 2.29. The maximum absolute atomic E-state index is 11.1. The van der Waals surface area contributed by atoms with Crippen LogP contribution in [0.5, 0.6) is 0 Å². The number of furan rings is 1. The molecule has 0 amide bonds. The van der Waals surface area contributed by atoms with Crippen molar-refractivity contribution in [3.8, 4) is 0 Å². The predicted molar refractivity (Wildman–Crippen MR) is 58.3 cm³/mol. The normalized spacial score (nSPS) is 10.7. The van der Waals surface area contributed by atoms with Gasteiger partial charge in [0.15, 0.2) is 17.1 Å². The molecule has 0 atom stereocenters. The maximum atomic E-state index is 11.1. The van der Waals surface area contributed by atoms with Crippen LogP contribution < -0.4 is 5.73 Å². The number of nitrogen functional groups attached to an aromatic ring is 1. The van der Waals surface area contributed by atoms with Gasteiger partial charge in [0, 0.05) is 16.8 Å². The minimum Gasteiger partial charge on any atom is -0.451 e. The molecule has 1 aromatic carbocycles. The highest BCUT2D eigenvalue weighted by molar-refractivity contribution is 9.10. The van der Waals surface area contributed by atoms with Gasteiger partial charge in [0.05, 0.1) is 5.69 Å². The van der Waals surface area contributed by atoms with Crippen molar-refractivity contribution >= 4 is 38.4 Å². The van der Waals surface area contributed by atoms with Crippen molar-refractivity contribution < 1.29 is 9.21 Å². The van der Waals surface area contributed by atoms with Gasteiger partial charge in [-0.1, -0.05) is 15.9 Å². The van der Waals surface area contributed by atoms with E-state index in [0.717, 1.165) is 9.86 Å². The number of fused-ring (bicyclic) bond motifs is 1. The van der Waals surface area contributed by atoms with Crippen LogP contribution in [-0.2, 0) is 0 Å². The highest BCUT2D eigenvalue weighted by Gasteiger charge is 2.10. The number of carbonyl (C=O) groups is 1. The minimum absolute atomic E-state index is 0.100. The molecule has 2 rings (SSSR count). The highest BCUT2D eigenvalue weighted by atomic mass is 79.9. The molecule has 0 aliphatic heterocycles. The first-order chi connectivity index (χ1) is 6.58. The second kappa shape index (κ2) is 3.13. The zero-order valence-corrected chi connectivity index (χ0v) is 9.09. The summed E-state index contributed by atoms with van der Waals surface area (Å²) in [4.78, 5) is 11.1. The van der Waals surface area contributed by atoms with Gasteiger partial charge >= 0.3 is 0 Å². The lowest BCUT2D eigenvalue weighted by atomic mass is 10.2. The topological polar surface area (TPSA) is 56.2 Å². The van der Waals surface area contributed by atoms with Gasteiger partial charge in [-0.25, -0.2) is 0 Å². The SMILES string of the molecule is CC(=O)c1cc2cc(Br)cc(N)c2o1. The molecule has 3 nitrogen and oxygen atoms in total. The number of ketones is 1. The Morgan fingerprint density at radius 2 is 2.14 bits per heavy atom. The summed E-state index contributed by atoms with van der Waals surface area (Å²) >= 11 is 3.32. The van der Waals surface area contributed by atoms with E-state index in [1.165, 1.54) is 6.92 Å². The van der Waals surface area contributed by atoms with E-state index in [0.29, 0.717) is 17.0 Å². The van der Waals surface area contributed by atoms with E-state index in [2.05, 4.69) is 15.9 Å². The zero-order chi connectivity index (χ0) is 10.3. The van der Waals surface area contributed by atoms with Crippen molar-refractivity contribution in [2.45, 2.75) is 6.92 Å². The van der Waals surface area contributed by atoms with E-state index in [9.17, 15) is 4.79 Å². The Bertz CT molecular complexity index is 516. The Hall–Kier alpha value is -1.29. The number of Topliss-reactive ketones (excluding diaryl/α,β-unsaturated/α-hetero) is 1. The molecule has 0 radical (unpaired) electrons. The summed E-state index contributed by atoms with van der Waals surface area (Å²) in [6.07, 6.45) is 0. The van der Waals surface area contributed by atoms with Crippen molar-refractivity contribution in [1.82, 2.24) is 0 Å². The molecule has 72 valence electrons. The van der Waals surface area contributed by atoms with Crippen LogP contribution in [0, 0.1) is 0 Å². The fourth-order valence-electron chi connectivity index (χ4n) is 1.32. The number of benzene rings is 1. The molecule has 1 aromatic heterocycles. The minimum atomic E-state index is -0.100. The van der Waals surface area contributed by atoms with Gasteiger partial charge in [0.2, 0.25) is 0 Å². The molecule has 0 unspecified atom stereocenters. The van der Waals surface area contributed by atoms with Crippen molar-refractivity contribution in [1.29, 1.82) is 0 Å². The number of carbonyl (C=O) groups excluding carboxylic acids is 1. The van der Waals surface area contributed by atoms with Crippen LogP contribution in [0.2, 0.25) is 0 Å². The molecule has 0 saturated carbocycles. The monoisotopic (exact) mass is 253 g/mol. The van der Waals surface area contributed by atoms with E-state index in [1.54, 1.807) is 12.1 Å². The third-order valence-electron chi connectivity index (χ3n) is 1.96. The molecule has 0 aliphatic carbocycles. The van der Waals surface area contributed by atoms with Crippen molar-refractivity contribution in [3.05, 3.63) is 28.4 Å². The third kappa shape index (κ3) is 1.42. The molecule has 0 spiro atoms. The molecule has 2 N–H and O–H groups in total. The summed E-state index contributed by atoms with van der Waals surface area (Å²) in [6.45, 7) is 1.46. The van der Waals surface area contributed by atoms with Gasteiger partial charge in [0.25, 0.3) is 0 Å². The van der Waals surface area contributed by atoms with Gasteiger partial charge in [-0.2, -0.15) is 0 Å². The average molecular weight is 254 g/mol. The summed E-state index contributed by atoms with van der Waals surface area (Å²) in [5.74, 6) is 0.238. The van der Waals surface area contributed by atoms with Gasteiger partial charge in [-0.15, -0.1) is 0 Å². The number of rotatable bonds is 1. The van der Waals surface area contributed by atoms with Crippen LogP contribution in [0.1, 0.15) is 17.5 Å². The summed E-state index contributed by atoms with van der Waals surface area (Å²) in [5, 5.41) is 0.835. The van der Waals surface area contributed by atoms with Crippen LogP contribution in [0.3, 0.4) is 0 Å². The summed E-state index contributed by atoms with van der Waals surface area (Å²) in [7, 11) is 0. The molecule has 0 aliphatic rings. The lowest BCUT2D eigenvalue weighted by Crippen LogP contribution is -1.86. The summed E-state index contributed by atoms with van der Waals surface area (Å²) in [5.41, 5.74) is 6.83. The van der Waals surface area contributed by atoms with E-state index in [-0.39, 0.29) is 5.78 Å². The lowest BCUT2D eigenvalue weighted by molar-refractivity contribution is 0.0989. The Morgan fingerprint density at radius 3 is 2.79 bits per heavy atom. The molecule has 0 bridgehead atoms. The average Bonchev–Trinajstić information content (AvgIpc) is 2.47. The first kappa shape index (κ1) is 9.27. The van der Waals surface area contributed by atoms with Crippen molar-refractivity contribution in [2.24, 2.45) is 0 Å². The molecule has 1 heterocycles. The van der Waals surface area contributed by atoms with Crippen molar-refractivity contribution in [3.63, 3.8) is 0 Å². The fourth-order valence-corrected chi connectivity index (χ4v) is 1.81. The van der Waals surface area contributed by atoms with E-state index in [1.807, 2.05) is 6.07 Å². The zero-order valence-electron chi connectivity index (χ0n) is 7.50. The largest absolute Gasteiger partial charge is 0.451 e. The first-order valence-corrected chi connectivity index (χ1v) is 4.87. The first-order valence-electron chi connectivity index (χ1n) is 4.07. The van der Waals surface area contributed by atoms with E-state index in [4.69, 9.17) is 10.2 Å². The number of halogens is 1. The van der Waals surface area contributed by atoms with Crippen LogP contribution in [0.4, 0.5) is 5.69 Å². The van der Waals surface area contributed by atoms with E-state index < -0.39 is 0 Å². The van der Waals surface area contributed by atoms with Crippen LogP contribution in [-0.4, -0.2) is 5.78 Å². The maximum Gasteiger partial charge on any atom is 0.194 e. The smallest absolute Gasteiger partial charge is 0.194 e. The van der Waals surface area contributed by atoms with Gasteiger partial charge in [-0.3, -0.25) is 4.79 Å². The molecule has 14 heavy (non-hydrogen) atoms.